The summed E-state index contributed by atoms with van der Waals surface area (Å²) in [5.41, 5.74) is 3.64. The third-order valence-corrected chi connectivity index (χ3v) is 2.53. The Morgan fingerprint density at radius 3 is 2.67 bits per heavy atom. The number of nitrogens with zero attached hydrogens (tertiary/aromatic N) is 3. The van der Waals surface area contributed by atoms with Crippen LogP contribution in [0.5, 0.6) is 0 Å². The van der Waals surface area contributed by atoms with E-state index < -0.39 is 0 Å². The van der Waals surface area contributed by atoms with Gasteiger partial charge in [-0.3, -0.25) is 9.97 Å². The van der Waals surface area contributed by atoms with Gasteiger partial charge in [-0.15, -0.1) is 0 Å². The fourth-order valence-corrected chi connectivity index (χ4v) is 1.40. The van der Waals surface area contributed by atoms with Gasteiger partial charge in [-0.2, -0.15) is 0 Å². The maximum Gasteiger partial charge on any atom is 0.160 e. The first kappa shape index (κ1) is 12.2. The van der Waals surface area contributed by atoms with E-state index in [4.69, 9.17) is 4.84 Å². The Bertz CT molecular complexity index is 538. The molecule has 0 fully saturated rings. The van der Waals surface area contributed by atoms with Crippen LogP contribution in [0.25, 0.3) is 0 Å². The summed E-state index contributed by atoms with van der Waals surface area (Å²) in [4.78, 5) is 13.8. The molecule has 4 heteroatoms. The van der Waals surface area contributed by atoms with Crippen LogP contribution in [0.2, 0.25) is 0 Å². The van der Waals surface area contributed by atoms with Crippen molar-refractivity contribution in [2.24, 2.45) is 5.16 Å². The summed E-state index contributed by atoms with van der Waals surface area (Å²) < 4.78 is 0. The molecule has 0 atom stereocenters. The van der Waals surface area contributed by atoms with E-state index in [1.54, 1.807) is 12.4 Å². The molecule has 0 saturated carbocycles. The maximum absolute atomic E-state index is 5.19. The van der Waals surface area contributed by atoms with Crippen molar-refractivity contribution in [1.82, 2.24) is 9.97 Å². The zero-order valence-corrected chi connectivity index (χ0v) is 10.5. The van der Waals surface area contributed by atoms with Gasteiger partial charge in [0.05, 0.1) is 29.5 Å². The van der Waals surface area contributed by atoms with Crippen molar-refractivity contribution in [3.8, 4) is 0 Å². The van der Waals surface area contributed by atoms with Crippen LogP contribution in [0.15, 0.2) is 41.7 Å². The van der Waals surface area contributed by atoms with Gasteiger partial charge in [-0.25, -0.2) is 0 Å². The normalized spacial score (nSPS) is 10.8. The fourth-order valence-electron chi connectivity index (χ4n) is 1.40. The van der Waals surface area contributed by atoms with E-state index in [0.717, 1.165) is 22.6 Å². The van der Waals surface area contributed by atoms with Gasteiger partial charge in [0.25, 0.3) is 0 Å². The van der Waals surface area contributed by atoms with E-state index in [1.165, 1.54) is 0 Å². The lowest BCUT2D eigenvalue weighted by Gasteiger charge is -2.02. The van der Waals surface area contributed by atoms with E-state index in [1.807, 2.05) is 44.2 Å². The molecule has 1 heterocycles. The summed E-state index contributed by atoms with van der Waals surface area (Å²) >= 11 is 0. The van der Waals surface area contributed by atoms with Gasteiger partial charge >= 0.3 is 0 Å². The SMILES string of the molecule is Cc1ncc(CON=Cc2ccccc2)nc1C. The quantitative estimate of drug-likeness (QED) is 0.610. The molecule has 0 saturated heterocycles. The monoisotopic (exact) mass is 241 g/mol. The van der Waals surface area contributed by atoms with Crippen LogP contribution < -0.4 is 0 Å². The lowest BCUT2D eigenvalue weighted by atomic mass is 10.2. The molecule has 0 radical (unpaired) electrons. The Labute approximate surface area is 106 Å². The maximum atomic E-state index is 5.19. The highest BCUT2D eigenvalue weighted by Gasteiger charge is 1.99. The van der Waals surface area contributed by atoms with Gasteiger partial charge < -0.3 is 4.84 Å². The Morgan fingerprint density at radius 1 is 1.17 bits per heavy atom. The standard InChI is InChI=1S/C14H15N3O/c1-11-12(2)17-14(9-15-11)10-18-16-8-13-6-4-3-5-7-13/h3-9H,10H2,1-2H3. The minimum absolute atomic E-state index is 0.331. The average molecular weight is 241 g/mol. The summed E-state index contributed by atoms with van der Waals surface area (Å²) in [6.45, 7) is 4.19. The van der Waals surface area contributed by atoms with Crippen molar-refractivity contribution in [3.05, 3.63) is 59.2 Å². The van der Waals surface area contributed by atoms with E-state index in [2.05, 4.69) is 15.1 Å². The molecule has 0 aliphatic heterocycles. The largest absolute Gasteiger partial charge is 0.389 e. The van der Waals surface area contributed by atoms with Crippen LogP contribution in [0.4, 0.5) is 0 Å². The summed E-state index contributed by atoms with van der Waals surface area (Å²) in [5.74, 6) is 0. The van der Waals surface area contributed by atoms with Crippen molar-refractivity contribution in [2.75, 3.05) is 0 Å². The Morgan fingerprint density at radius 2 is 1.94 bits per heavy atom. The minimum Gasteiger partial charge on any atom is -0.389 e. The van der Waals surface area contributed by atoms with Crippen LogP contribution in [-0.4, -0.2) is 16.2 Å². The van der Waals surface area contributed by atoms with Crippen molar-refractivity contribution in [1.29, 1.82) is 0 Å². The smallest absolute Gasteiger partial charge is 0.160 e. The molecule has 92 valence electrons. The van der Waals surface area contributed by atoms with Gasteiger partial charge in [-0.05, 0) is 19.4 Å². The fraction of sp³-hybridized carbons (Fsp3) is 0.214. The lowest BCUT2D eigenvalue weighted by molar-refractivity contribution is 0.129. The van der Waals surface area contributed by atoms with Gasteiger partial charge in [0.15, 0.2) is 6.61 Å². The molecular formula is C14H15N3O. The lowest BCUT2D eigenvalue weighted by Crippen LogP contribution is -1.98. The Kier molecular flexibility index (Phi) is 4.02. The van der Waals surface area contributed by atoms with E-state index in [0.29, 0.717) is 6.61 Å². The number of benzene rings is 1. The Hall–Kier alpha value is -2.23. The molecule has 0 aliphatic carbocycles. The molecule has 18 heavy (non-hydrogen) atoms. The molecule has 0 spiro atoms. The summed E-state index contributed by atoms with van der Waals surface area (Å²) in [6, 6.07) is 9.79. The topological polar surface area (TPSA) is 47.4 Å². The average Bonchev–Trinajstić information content (AvgIpc) is 2.40. The molecular weight excluding hydrogens is 226 g/mol. The van der Waals surface area contributed by atoms with Crippen LogP contribution in [0.3, 0.4) is 0 Å². The molecule has 4 nitrogen and oxygen atoms in total. The van der Waals surface area contributed by atoms with Gasteiger partial charge in [-0.1, -0.05) is 35.5 Å². The highest BCUT2D eigenvalue weighted by molar-refractivity contribution is 5.78. The molecule has 2 aromatic rings. The van der Waals surface area contributed by atoms with Crippen LogP contribution >= 0.6 is 0 Å². The van der Waals surface area contributed by atoms with Crippen molar-refractivity contribution >= 4 is 6.21 Å². The molecule has 2 rings (SSSR count). The summed E-state index contributed by atoms with van der Waals surface area (Å²) in [5, 5.41) is 3.90. The second kappa shape index (κ2) is 5.91. The van der Waals surface area contributed by atoms with Crippen molar-refractivity contribution in [3.63, 3.8) is 0 Å². The third-order valence-electron chi connectivity index (χ3n) is 2.53. The summed E-state index contributed by atoms with van der Waals surface area (Å²) in [7, 11) is 0. The second-order valence-electron chi connectivity index (χ2n) is 3.95. The highest BCUT2D eigenvalue weighted by Crippen LogP contribution is 2.02. The molecule has 1 aromatic carbocycles. The molecule has 1 aromatic heterocycles. The zero-order chi connectivity index (χ0) is 12.8. The van der Waals surface area contributed by atoms with Crippen molar-refractivity contribution < 1.29 is 4.84 Å². The number of oxime groups is 1. The number of aromatic nitrogens is 2. The highest BCUT2D eigenvalue weighted by atomic mass is 16.6. The van der Waals surface area contributed by atoms with E-state index >= 15 is 0 Å². The minimum atomic E-state index is 0.331. The number of rotatable bonds is 4. The first-order chi connectivity index (χ1) is 8.75. The van der Waals surface area contributed by atoms with E-state index in [-0.39, 0.29) is 0 Å². The molecule has 0 aliphatic rings. The predicted octanol–water partition coefficient (Wildman–Crippen LogP) is 2.64. The summed E-state index contributed by atoms with van der Waals surface area (Å²) in [6.07, 6.45) is 3.38. The molecule has 0 bridgehead atoms. The number of aryl methyl sites for hydroxylation is 2. The molecule has 0 amide bonds. The number of hydrogen-bond donors (Lipinski definition) is 0. The molecule has 0 N–H and O–H groups in total. The second-order valence-corrected chi connectivity index (χ2v) is 3.95. The zero-order valence-electron chi connectivity index (χ0n) is 10.5. The van der Waals surface area contributed by atoms with Gasteiger partial charge in [0.1, 0.15) is 0 Å². The first-order valence-electron chi connectivity index (χ1n) is 5.75. The van der Waals surface area contributed by atoms with Crippen LogP contribution in [0, 0.1) is 13.8 Å². The number of hydrogen-bond acceptors (Lipinski definition) is 4. The third kappa shape index (κ3) is 3.38. The van der Waals surface area contributed by atoms with E-state index in [9.17, 15) is 0 Å². The van der Waals surface area contributed by atoms with Gasteiger partial charge in [0, 0.05) is 0 Å². The predicted molar refractivity (Wildman–Crippen MR) is 70.3 cm³/mol. The van der Waals surface area contributed by atoms with Crippen molar-refractivity contribution in [2.45, 2.75) is 20.5 Å². The first-order valence-corrected chi connectivity index (χ1v) is 5.75. The van der Waals surface area contributed by atoms with Gasteiger partial charge in [0.2, 0.25) is 0 Å². The van der Waals surface area contributed by atoms with Crippen LogP contribution in [-0.2, 0) is 11.4 Å². The molecule has 0 unspecified atom stereocenters. The Balaban J connectivity index is 1.89. The van der Waals surface area contributed by atoms with Crippen LogP contribution in [0.1, 0.15) is 22.6 Å².